The Kier molecular flexibility index (Phi) is 5.47. The fourth-order valence-electron chi connectivity index (χ4n) is 1.87. The first-order valence-corrected chi connectivity index (χ1v) is 6.24. The lowest BCUT2D eigenvalue weighted by Crippen LogP contribution is -2.24. The topological polar surface area (TPSA) is 24.9 Å². The molecule has 0 spiro atoms. The zero-order valence-corrected chi connectivity index (χ0v) is 10.8. The molecule has 0 saturated heterocycles. The van der Waals surface area contributed by atoms with Crippen LogP contribution in [-0.2, 0) is 6.42 Å². The summed E-state index contributed by atoms with van der Waals surface area (Å²) in [7, 11) is 0. The van der Waals surface area contributed by atoms with Crippen LogP contribution in [0.2, 0.25) is 0 Å². The molecule has 1 rings (SSSR count). The lowest BCUT2D eigenvalue weighted by atomic mass is 9.83. The third-order valence-electron chi connectivity index (χ3n) is 2.81. The van der Waals surface area contributed by atoms with Crippen LogP contribution in [0.25, 0.3) is 0 Å². The summed E-state index contributed by atoms with van der Waals surface area (Å²) in [5.74, 6) is 0. The number of pyridine rings is 1. The largest absolute Gasteiger partial charge is 0.317 e. The summed E-state index contributed by atoms with van der Waals surface area (Å²) in [5, 5.41) is 3.46. The molecular weight excluding hydrogens is 196 g/mol. The molecule has 0 bridgehead atoms. The van der Waals surface area contributed by atoms with Crippen LogP contribution in [0.15, 0.2) is 24.5 Å². The molecule has 0 unspecified atom stereocenters. The van der Waals surface area contributed by atoms with Gasteiger partial charge in [-0.15, -0.1) is 0 Å². The summed E-state index contributed by atoms with van der Waals surface area (Å²) in [5.41, 5.74) is 1.69. The molecule has 90 valence electrons. The van der Waals surface area contributed by atoms with Crippen LogP contribution in [0, 0.1) is 5.41 Å². The SMILES string of the molecule is CCCNCCC(C)(C)Cc1cccnc1. The van der Waals surface area contributed by atoms with E-state index in [-0.39, 0.29) is 0 Å². The maximum atomic E-state index is 4.16. The zero-order valence-electron chi connectivity index (χ0n) is 10.8. The molecule has 0 fully saturated rings. The number of rotatable bonds is 7. The van der Waals surface area contributed by atoms with Gasteiger partial charge in [-0.3, -0.25) is 4.98 Å². The Labute approximate surface area is 99.5 Å². The third kappa shape index (κ3) is 5.26. The Morgan fingerprint density at radius 1 is 1.31 bits per heavy atom. The average molecular weight is 220 g/mol. The van der Waals surface area contributed by atoms with E-state index in [1.807, 2.05) is 18.5 Å². The Morgan fingerprint density at radius 3 is 2.75 bits per heavy atom. The predicted octanol–water partition coefficient (Wildman–Crippen LogP) is 3.04. The zero-order chi connectivity index (χ0) is 11.9. The van der Waals surface area contributed by atoms with E-state index in [0.29, 0.717) is 5.41 Å². The van der Waals surface area contributed by atoms with Crippen molar-refractivity contribution < 1.29 is 0 Å². The minimum absolute atomic E-state index is 0.351. The highest BCUT2D eigenvalue weighted by Crippen LogP contribution is 2.24. The minimum atomic E-state index is 0.351. The van der Waals surface area contributed by atoms with E-state index in [9.17, 15) is 0 Å². The molecule has 0 radical (unpaired) electrons. The first kappa shape index (κ1) is 13.2. The van der Waals surface area contributed by atoms with E-state index in [0.717, 1.165) is 19.5 Å². The standard InChI is InChI=1S/C14H24N2/c1-4-8-15-10-7-14(2,3)11-13-6-5-9-16-12-13/h5-6,9,12,15H,4,7-8,10-11H2,1-3H3. The lowest BCUT2D eigenvalue weighted by molar-refractivity contribution is 0.325. The molecule has 0 saturated carbocycles. The first-order valence-electron chi connectivity index (χ1n) is 6.24. The van der Waals surface area contributed by atoms with Crippen molar-refractivity contribution in [2.24, 2.45) is 5.41 Å². The van der Waals surface area contributed by atoms with Crippen molar-refractivity contribution in [1.82, 2.24) is 10.3 Å². The molecule has 1 aromatic heterocycles. The van der Waals surface area contributed by atoms with Crippen LogP contribution in [0.5, 0.6) is 0 Å². The van der Waals surface area contributed by atoms with Crippen LogP contribution in [0.1, 0.15) is 39.2 Å². The quantitative estimate of drug-likeness (QED) is 0.714. The number of hydrogen-bond acceptors (Lipinski definition) is 2. The molecule has 0 aliphatic carbocycles. The molecule has 0 aromatic carbocycles. The molecule has 16 heavy (non-hydrogen) atoms. The monoisotopic (exact) mass is 220 g/mol. The van der Waals surface area contributed by atoms with E-state index < -0.39 is 0 Å². The highest BCUT2D eigenvalue weighted by atomic mass is 14.8. The molecular formula is C14H24N2. The molecule has 1 aromatic rings. The summed E-state index contributed by atoms with van der Waals surface area (Å²) in [6, 6.07) is 4.18. The van der Waals surface area contributed by atoms with Gasteiger partial charge < -0.3 is 5.32 Å². The Bertz CT molecular complexity index is 280. The Hall–Kier alpha value is -0.890. The van der Waals surface area contributed by atoms with E-state index in [1.54, 1.807) is 0 Å². The first-order chi connectivity index (χ1) is 7.64. The average Bonchev–Trinajstić information content (AvgIpc) is 2.25. The fraction of sp³-hybridized carbons (Fsp3) is 0.643. The Balaban J connectivity index is 2.33. The van der Waals surface area contributed by atoms with Crippen LogP contribution >= 0.6 is 0 Å². The van der Waals surface area contributed by atoms with Gasteiger partial charge in [0.25, 0.3) is 0 Å². The van der Waals surface area contributed by atoms with Gasteiger partial charge in [0.05, 0.1) is 0 Å². The smallest absolute Gasteiger partial charge is 0.0300 e. The van der Waals surface area contributed by atoms with Crippen molar-refractivity contribution in [3.63, 3.8) is 0 Å². The molecule has 0 aliphatic rings. The highest BCUT2D eigenvalue weighted by molar-refractivity contribution is 5.10. The van der Waals surface area contributed by atoms with Crippen molar-refractivity contribution in [2.75, 3.05) is 13.1 Å². The molecule has 2 heteroatoms. The van der Waals surface area contributed by atoms with E-state index >= 15 is 0 Å². The second kappa shape index (κ2) is 6.64. The van der Waals surface area contributed by atoms with Crippen LogP contribution < -0.4 is 5.32 Å². The van der Waals surface area contributed by atoms with E-state index in [2.05, 4.69) is 37.1 Å². The van der Waals surface area contributed by atoms with Gasteiger partial charge in [-0.2, -0.15) is 0 Å². The normalized spacial score (nSPS) is 11.7. The van der Waals surface area contributed by atoms with E-state index in [4.69, 9.17) is 0 Å². The van der Waals surface area contributed by atoms with Gasteiger partial charge >= 0.3 is 0 Å². The maximum absolute atomic E-state index is 4.16. The number of nitrogens with one attached hydrogen (secondary N) is 1. The lowest BCUT2D eigenvalue weighted by Gasteiger charge is -2.24. The van der Waals surface area contributed by atoms with Crippen LogP contribution in [0.3, 0.4) is 0 Å². The third-order valence-corrected chi connectivity index (χ3v) is 2.81. The van der Waals surface area contributed by atoms with Gasteiger partial charge in [0.2, 0.25) is 0 Å². The van der Waals surface area contributed by atoms with Gasteiger partial charge in [-0.25, -0.2) is 0 Å². The molecule has 2 nitrogen and oxygen atoms in total. The number of aromatic nitrogens is 1. The van der Waals surface area contributed by atoms with Crippen molar-refractivity contribution in [2.45, 2.75) is 40.0 Å². The molecule has 1 N–H and O–H groups in total. The van der Waals surface area contributed by atoms with Crippen LogP contribution in [-0.4, -0.2) is 18.1 Å². The summed E-state index contributed by atoms with van der Waals surface area (Å²) in [6.45, 7) is 9.10. The molecule has 0 atom stereocenters. The van der Waals surface area contributed by atoms with Gasteiger partial charge in [0.1, 0.15) is 0 Å². The Morgan fingerprint density at radius 2 is 2.12 bits per heavy atom. The van der Waals surface area contributed by atoms with Crippen LogP contribution in [0.4, 0.5) is 0 Å². The van der Waals surface area contributed by atoms with Crippen molar-refractivity contribution in [1.29, 1.82) is 0 Å². The van der Waals surface area contributed by atoms with Crippen molar-refractivity contribution >= 4 is 0 Å². The van der Waals surface area contributed by atoms with Gasteiger partial charge in [-0.1, -0.05) is 26.8 Å². The number of hydrogen-bond donors (Lipinski definition) is 1. The minimum Gasteiger partial charge on any atom is -0.317 e. The van der Waals surface area contributed by atoms with E-state index in [1.165, 1.54) is 18.4 Å². The summed E-state index contributed by atoms with van der Waals surface area (Å²) in [4.78, 5) is 4.16. The predicted molar refractivity (Wildman–Crippen MR) is 69.5 cm³/mol. The summed E-state index contributed by atoms with van der Waals surface area (Å²) >= 11 is 0. The second-order valence-corrected chi connectivity index (χ2v) is 5.20. The summed E-state index contributed by atoms with van der Waals surface area (Å²) in [6.07, 6.45) is 7.33. The fourth-order valence-corrected chi connectivity index (χ4v) is 1.87. The summed E-state index contributed by atoms with van der Waals surface area (Å²) < 4.78 is 0. The van der Waals surface area contributed by atoms with Gasteiger partial charge in [0.15, 0.2) is 0 Å². The molecule has 0 aliphatic heterocycles. The van der Waals surface area contributed by atoms with Gasteiger partial charge in [0, 0.05) is 12.4 Å². The number of nitrogens with zero attached hydrogens (tertiary/aromatic N) is 1. The van der Waals surface area contributed by atoms with Crippen molar-refractivity contribution in [3.05, 3.63) is 30.1 Å². The maximum Gasteiger partial charge on any atom is 0.0300 e. The van der Waals surface area contributed by atoms with Gasteiger partial charge in [-0.05, 0) is 49.4 Å². The second-order valence-electron chi connectivity index (χ2n) is 5.20. The molecule has 0 amide bonds. The molecule has 1 heterocycles. The highest BCUT2D eigenvalue weighted by Gasteiger charge is 2.17. The van der Waals surface area contributed by atoms with Crippen molar-refractivity contribution in [3.8, 4) is 0 Å².